The third-order valence-corrected chi connectivity index (χ3v) is 7.71. The highest BCUT2D eigenvalue weighted by Gasteiger charge is 2.49. The summed E-state index contributed by atoms with van der Waals surface area (Å²) in [5, 5.41) is 3.04. The van der Waals surface area contributed by atoms with Gasteiger partial charge in [0.25, 0.3) is 0 Å². The first-order chi connectivity index (χ1) is 13.0. The zero-order chi connectivity index (χ0) is 19.1. The first-order valence-electron chi connectivity index (χ1n) is 9.27. The molecule has 2 aliphatic rings. The van der Waals surface area contributed by atoms with Gasteiger partial charge in [0.05, 0.1) is 5.88 Å². The van der Waals surface area contributed by atoms with Gasteiger partial charge in [-0.15, -0.1) is 23.1 Å². The Hall–Kier alpha value is -1.79. The second-order valence-electron chi connectivity index (χ2n) is 7.46. The van der Waals surface area contributed by atoms with Gasteiger partial charge >= 0.3 is 0 Å². The van der Waals surface area contributed by atoms with E-state index in [1.54, 1.807) is 28.0 Å². The molecule has 1 aliphatic carbocycles. The number of carbonyl (C=O) groups excluding carboxylic acids is 2. The van der Waals surface area contributed by atoms with Crippen molar-refractivity contribution in [1.82, 2.24) is 4.90 Å². The van der Waals surface area contributed by atoms with Crippen LogP contribution in [0.5, 0.6) is 0 Å². The van der Waals surface area contributed by atoms with E-state index < -0.39 is 0 Å². The average molecular weight is 401 g/mol. The van der Waals surface area contributed by atoms with Gasteiger partial charge in [-0.25, -0.2) is 0 Å². The van der Waals surface area contributed by atoms with Crippen LogP contribution in [0.2, 0.25) is 0 Å². The van der Waals surface area contributed by atoms with Crippen LogP contribution in [0.1, 0.15) is 33.2 Å². The fourth-order valence-electron chi connectivity index (χ4n) is 3.63. The number of rotatable bonds is 4. The predicted molar refractivity (Wildman–Crippen MR) is 112 cm³/mol. The van der Waals surface area contributed by atoms with E-state index >= 15 is 0 Å². The van der Waals surface area contributed by atoms with Crippen LogP contribution in [-0.4, -0.2) is 34.4 Å². The number of nitrogens with one attached hydrogen (secondary N) is 1. The maximum atomic E-state index is 13.0. The summed E-state index contributed by atoms with van der Waals surface area (Å²) in [6.45, 7) is 6.14. The molecule has 4 rings (SSSR count). The lowest BCUT2D eigenvalue weighted by molar-refractivity contribution is -0.137. The van der Waals surface area contributed by atoms with Gasteiger partial charge in [0.2, 0.25) is 11.8 Å². The summed E-state index contributed by atoms with van der Waals surface area (Å²) in [4.78, 5) is 30.3. The van der Waals surface area contributed by atoms with E-state index in [0.717, 1.165) is 23.2 Å². The van der Waals surface area contributed by atoms with Crippen LogP contribution in [0, 0.1) is 26.7 Å². The van der Waals surface area contributed by atoms with Crippen LogP contribution in [0.4, 0.5) is 5.69 Å². The van der Waals surface area contributed by atoms with Crippen molar-refractivity contribution >= 4 is 40.6 Å². The second kappa shape index (κ2) is 7.32. The monoisotopic (exact) mass is 400 g/mol. The van der Waals surface area contributed by atoms with Gasteiger partial charge in [0, 0.05) is 33.0 Å². The van der Waals surface area contributed by atoms with E-state index in [4.69, 9.17) is 0 Å². The topological polar surface area (TPSA) is 49.4 Å². The predicted octanol–water partition coefficient (Wildman–Crippen LogP) is 4.32. The normalized spacial score (nSPS) is 24.1. The van der Waals surface area contributed by atoms with Crippen molar-refractivity contribution in [2.75, 3.05) is 16.9 Å². The SMILES string of the molecule is Cc1ccc([C@@H]2C[C@H]2C(=O)N2CSC[C@@H]2C(=O)Nc2cccc(C)c2C)s1. The number of thiophene rings is 1. The Balaban J connectivity index is 1.43. The Labute approximate surface area is 168 Å². The van der Waals surface area contributed by atoms with Gasteiger partial charge in [-0.05, 0) is 56.5 Å². The first kappa shape index (κ1) is 18.6. The number of carbonyl (C=O) groups is 2. The van der Waals surface area contributed by atoms with Crippen molar-refractivity contribution in [3.05, 3.63) is 51.2 Å². The molecule has 0 spiro atoms. The van der Waals surface area contributed by atoms with E-state index in [0.29, 0.717) is 17.5 Å². The lowest BCUT2D eigenvalue weighted by Crippen LogP contribution is -2.45. The van der Waals surface area contributed by atoms with Crippen LogP contribution < -0.4 is 5.32 Å². The fraction of sp³-hybridized carbons (Fsp3) is 0.429. The highest BCUT2D eigenvalue weighted by molar-refractivity contribution is 7.99. The highest BCUT2D eigenvalue weighted by atomic mass is 32.2. The minimum atomic E-state index is -0.381. The summed E-state index contributed by atoms with van der Waals surface area (Å²) in [6.07, 6.45) is 0.908. The molecule has 1 saturated heterocycles. The molecule has 0 unspecified atom stereocenters. The molecule has 1 saturated carbocycles. The molecule has 0 radical (unpaired) electrons. The molecule has 1 N–H and O–H groups in total. The summed E-state index contributed by atoms with van der Waals surface area (Å²) in [5.74, 6) is 1.71. The van der Waals surface area contributed by atoms with E-state index in [1.165, 1.54) is 9.75 Å². The van der Waals surface area contributed by atoms with E-state index in [1.807, 2.05) is 32.0 Å². The number of amides is 2. The summed E-state index contributed by atoms with van der Waals surface area (Å²) in [5.41, 5.74) is 3.06. The Morgan fingerprint density at radius 1 is 1.15 bits per heavy atom. The quantitative estimate of drug-likeness (QED) is 0.832. The van der Waals surface area contributed by atoms with Gasteiger partial charge in [-0.2, -0.15) is 0 Å². The standard InChI is InChI=1S/C21H24N2O2S2/c1-12-5-4-6-17(14(12)3)22-20(24)18-10-26-11-23(18)21(25)16-9-15(16)19-8-7-13(2)27-19/h4-8,15-16,18H,9-11H2,1-3H3,(H,22,24)/t15-,16-,18-/m1/s1. The number of hydrogen-bond donors (Lipinski definition) is 1. The van der Waals surface area contributed by atoms with Crippen molar-refractivity contribution in [2.45, 2.75) is 39.2 Å². The summed E-state index contributed by atoms with van der Waals surface area (Å²) in [6, 6.07) is 9.78. The molecule has 2 aromatic rings. The molecule has 2 fully saturated rings. The van der Waals surface area contributed by atoms with E-state index in [-0.39, 0.29) is 23.8 Å². The lowest BCUT2D eigenvalue weighted by Gasteiger charge is -2.24. The van der Waals surface area contributed by atoms with Gasteiger partial charge < -0.3 is 10.2 Å². The van der Waals surface area contributed by atoms with Crippen molar-refractivity contribution in [1.29, 1.82) is 0 Å². The largest absolute Gasteiger partial charge is 0.324 e. The van der Waals surface area contributed by atoms with Crippen LogP contribution in [0.15, 0.2) is 30.3 Å². The highest BCUT2D eigenvalue weighted by Crippen LogP contribution is 2.51. The van der Waals surface area contributed by atoms with Crippen molar-refractivity contribution in [3.63, 3.8) is 0 Å². The molecular weight excluding hydrogens is 376 g/mol. The van der Waals surface area contributed by atoms with Crippen molar-refractivity contribution in [2.24, 2.45) is 5.92 Å². The van der Waals surface area contributed by atoms with Crippen LogP contribution in [0.25, 0.3) is 0 Å². The molecule has 3 atom stereocenters. The number of aryl methyl sites for hydroxylation is 2. The first-order valence-corrected chi connectivity index (χ1v) is 11.2. The smallest absolute Gasteiger partial charge is 0.248 e. The fourth-order valence-corrected chi connectivity index (χ4v) is 5.85. The maximum Gasteiger partial charge on any atom is 0.248 e. The third-order valence-electron chi connectivity index (χ3n) is 5.56. The summed E-state index contributed by atoms with van der Waals surface area (Å²) >= 11 is 3.44. The van der Waals surface area contributed by atoms with Crippen molar-refractivity contribution in [3.8, 4) is 0 Å². The second-order valence-corrected chi connectivity index (χ2v) is 9.78. The summed E-state index contributed by atoms with van der Waals surface area (Å²) < 4.78 is 0. The van der Waals surface area contributed by atoms with Crippen LogP contribution in [-0.2, 0) is 9.59 Å². The molecule has 6 heteroatoms. The minimum absolute atomic E-state index is 0.0396. The molecule has 27 heavy (non-hydrogen) atoms. The number of nitrogens with zero attached hydrogens (tertiary/aromatic N) is 1. The number of anilines is 1. The Morgan fingerprint density at radius 2 is 1.96 bits per heavy atom. The molecular formula is C21H24N2O2S2. The Kier molecular flexibility index (Phi) is 5.03. The Morgan fingerprint density at radius 3 is 2.70 bits per heavy atom. The average Bonchev–Trinajstić information content (AvgIpc) is 3.07. The van der Waals surface area contributed by atoms with E-state index in [2.05, 4.69) is 24.4 Å². The van der Waals surface area contributed by atoms with Gasteiger partial charge in [0.15, 0.2) is 0 Å². The van der Waals surface area contributed by atoms with Gasteiger partial charge in [-0.3, -0.25) is 9.59 Å². The van der Waals surface area contributed by atoms with Crippen LogP contribution in [0.3, 0.4) is 0 Å². The molecule has 1 aromatic heterocycles. The molecule has 2 amide bonds. The minimum Gasteiger partial charge on any atom is -0.324 e. The van der Waals surface area contributed by atoms with Gasteiger partial charge in [0.1, 0.15) is 6.04 Å². The van der Waals surface area contributed by atoms with Crippen molar-refractivity contribution < 1.29 is 9.59 Å². The number of benzene rings is 1. The molecule has 0 bridgehead atoms. The van der Waals surface area contributed by atoms with Gasteiger partial charge in [-0.1, -0.05) is 12.1 Å². The number of hydrogen-bond acceptors (Lipinski definition) is 4. The molecule has 142 valence electrons. The molecule has 1 aliphatic heterocycles. The third kappa shape index (κ3) is 3.65. The number of thioether (sulfide) groups is 1. The van der Waals surface area contributed by atoms with Crippen LogP contribution >= 0.6 is 23.1 Å². The molecule has 2 heterocycles. The zero-order valence-electron chi connectivity index (χ0n) is 15.8. The summed E-state index contributed by atoms with van der Waals surface area (Å²) in [7, 11) is 0. The lowest BCUT2D eigenvalue weighted by atomic mass is 10.1. The molecule has 1 aromatic carbocycles. The molecule has 4 nitrogen and oxygen atoms in total. The zero-order valence-corrected chi connectivity index (χ0v) is 17.5. The maximum absolute atomic E-state index is 13.0. The Bertz CT molecular complexity index is 892. The van der Waals surface area contributed by atoms with E-state index in [9.17, 15) is 9.59 Å².